The fourth-order valence-corrected chi connectivity index (χ4v) is 1.18. The topological polar surface area (TPSA) is 44.1 Å². The molecule has 72 valence electrons. The lowest BCUT2D eigenvalue weighted by Crippen LogP contribution is -2.30. The molecule has 0 aliphatic heterocycles. The minimum Gasteiger partial charge on any atom is -0.469 e. The molecule has 0 bridgehead atoms. The van der Waals surface area contributed by atoms with Gasteiger partial charge >= 0.3 is 5.97 Å². The van der Waals surface area contributed by atoms with Crippen LogP contribution in [-0.2, 0) is 16.1 Å². The van der Waals surface area contributed by atoms with E-state index in [0.717, 1.165) is 0 Å². The van der Waals surface area contributed by atoms with Crippen molar-refractivity contribution in [3.63, 3.8) is 0 Å². The summed E-state index contributed by atoms with van der Waals surface area (Å²) >= 11 is 0. The molecule has 4 nitrogen and oxygen atoms in total. The van der Waals surface area contributed by atoms with E-state index in [1.165, 1.54) is 7.11 Å². The standard InChI is InChI=1S/C9H14N2O2/c1-9(2,8(12)13-3)6-11-5-4-10-7-11/h4-5,7H,6H2,1-3H3. The van der Waals surface area contributed by atoms with E-state index in [1.54, 1.807) is 12.5 Å². The fraction of sp³-hybridized carbons (Fsp3) is 0.556. The van der Waals surface area contributed by atoms with Crippen molar-refractivity contribution in [2.45, 2.75) is 20.4 Å². The van der Waals surface area contributed by atoms with Gasteiger partial charge in [-0.2, -0.15) is 0 Å². The second-order valence-electron chi connectivity index (χ2n) is 3.61. The molecule has 0 saturated heterocycles. The molecule has 0 aromatic carbocycles. The van der Waals surface area contributed by atoms with Gasteiger partial charge in [-0.25, -0.2) is 4.98 Å². The predicted octanol–water partition coefficient (Wildman–Crippen LogP) is 1.08. The van der Waals surface area contributed by atoms with Crippen LogP contribution in [0.5, 0.6) is 0 Å². The maximum Gasteiger partial charge on any atom is 0.313 e. The van der Waals surface area contributed by atoms with Gasteiger partial charge in [0.2, 0.25) is 0 Å². The molecule has 1 aromatic heterocycles. The van der Waals surface area contributed by atoms with Crippen molar-refractivity contribution < 1.29 is 9.53 Å². The van der Waals surface area contributed by atoms with Crippen molar-refractivity contribution in [2.75, 3.05) is 7.11 Å². The van der Waals surface area contributed by atoms with Gasteiger partial charge in [-0.05, 0) is 13.8 Å². The molecule has 0 aliphatic carbocycles. The number of methoxy groups -OCH3 is 1. The molecule has 1 rings (SSSR count). The second-order valence-corrected chi connectivity index (χ2v) is 3.61. The second kappa shape index (κ2) is 3.60. The molecule has 0 spiro atoms. The number of esters is 1. The molecule has 4 heteroatoms. The Hall–Kier alpha value is -1.32. The third-order valence-corrected chi connectivity index (χ3v) is 1.88. The van der Waals surface area contributed by atoms with Gasteiger partial charge < -0.3 is 9.30 Å². The van der Waals surface area contributed by atoms with Crippen LogP contribution in [0.2, 0.25) is 0 Å². The van der Waals surface area contributed by atoms with Crippen LogP contribution in [-0.4, -0.2) is 22.6 Å². The van der Waals surface area contributed by atoms with E-state index in [1.807, 2.05) is 24.6 Å². The first-order chi connectivity index (χ1) is 6.06. The van der Waals surface area contributed by atoms with Gasteiger partial charge in [-0.3, -0.25) is 4.79 Å². The zero-order valence-corrected chi connectivity index (χ0v) is 8.15. The summed E-state index contributed by atoms with van der Waals surface area (Å²) in [6.07, 6.45) is 5.20. The number of ether oxygens (including phenoxy) is 1. The number of hydrogen-bond acceptors (Lipinski definition) is 3. The summed E-state index contributed by atoms with van der Waals surface area (Å²) in [5.74, 6) is -0.207. The van der Waals surface area contributed by atoms with E-state index in [0.29, 0.717) is 6.54 Å². The normalized spacial score (nSPS) is 11.3. The molecule has 0 saturated carbocycles. The summed E-state index contributed by atoms with van der Waals surface area (Å²) in [6.45, 7) is 4.28. The summed E-state index contributed by atoms with van der Waals surface area (Å²) in [4.78, 5) is 15.2. The average Bonchev–Trinajstić information content (AvgIpc) is 2.54. The van der Waals surface area contributed by atoms with E-state index in [2.05, 4.69) is 4.98 Å². The first kappa shape index (κ1) is 9.77. The van der Waals surface area contributed by atoms with Gasteiger partial charge in [0.15, 0.2) is 0 Å². The lowest BCUT2D eigenvalue weighted by Gasteiger charge is -2.21. The van der Waals surface area contributed by atoms with E-state index in [-0.39, 0.29) is 5.97 Å². The maximum absolute atomic E-state index is 11.3. The van der Waals surface area contributed by atoms with Crippen molar-refractivity contribution in [1.29, 1.82) is 0 Å². The van der Waals surface area contributed by atoms with Crippen LogP contribution < -0.4 is 0 Å². The Balaban J connectivity index is 2.67. The molecular weight excluding hydrogens is 168 g/mol. The highest BCUT2D eigenvalue weighted by Gasteiger charge is 2.28. The molecule has 13 heavy (non-hydrogen) atoms. The summed E-state index contributed by atoms with van der Waals surface area (Å²) in [7, 11) is 1.40. The Morgan fingerprint density at radius 2 is 2.31 bits per heavy atom. The molecule has 1 heterocycles. The third-order valence-electron chi connectivity index (χ3n) is 1.88. The number of aromatic nitrogens is 2. The summed E-state index contributed by atoms with van der Waals surface area (Å²) in [5.41, 5.74) is -0.505. The highest BCUT2D eigenvalue weighted by molar-refractivity contribution is 5.75. The van der Waals surface area contributed by atoms with Gasteiger partial charge in [0.1, 0.15) is 0 Å². The minimum atomic E-state index is -0.505. The van der Waals surface area contributed by atoms with Crippen LogP contribution in [0.15, 0.2) is 18.7 Å². The molecule has 0 N–H and O–H groups in total. The quantitative estimate of drug-likeness (QED) is 0.657. The summed E-state index contributed by atoms with van der Waals surface area (Å²) < 4.78 is 6.55. The van der Waals surface area contributed by atoms with Crippen molar-refractivity contribution in [3.05, 3.63) is 18.7 Å². The molecular formula is C9H14N2O2. The van der Waals surface area contributed by atoms with Crippen LogP contribution in [0.4, 0.5) is 0 Å². The van der Waals surface area contributed by atoms with Crippen LogP contribution in [0.3, 0.4) is 0 Å². The van der Waals surface area contributed by atoms with Gasteiger partial charge in [-0.15, -0.1) is 0 Å². The zero-order chi connectivity index (χ0) is 9.90. The zero-order valence-electron chi connectivity index (χ0n) is 8.15. The van der Waals surface area contributed by atoms with Gasteiger partial charge in [-0.1, -0.05) is 0 Å². The Kier molecular flexibility index (Phi) is 2.70. The Morgan fingerprint density at radius 1 is 1.62 bits per heavy atom. The molecule has 0 aliphatic rings. The number of rotatable bonds is 3. The fourth-order valence-electron chi connectivity index (χ4n) is 1.18. The van der Waals surface area contributed by atoms with Crippen LogP contribution in [0.1, 0.15) is 13.8 Å². The molecule has 0 unspecified atom stereocenters. The SMILES string of the molecule is COC(=O)C(C)(C)Cn1ccnc1. The molecule has 0 atom stereocenters. The molecule has 0 radical (unpaired) electrons. The monoisotopic (exact) mass is 182 g/mol. The lowest BCUT2D eigenvalue weighted by atomic mass is 9.94. The van der Waals surface area contributed by atoms with Gasteiger partial charge in [0, 0.05) is 18.9 Å². The Bertz CT molecular complexity index is 278. The predicted molar refractivity (Wildman–Crippen MR) is 48.0 cm³/mol. The number of nitrogens with zero attached hydrogens (tertiary/aromatic N) is 2. The molecule has 0 fully saturated rings. The van der Waals surface area contributed by atoms with Crippen LogP contribution >= 0.6 is 0 Å². The van der Waals surface area contributed by atoms with E-state index in [9.17, 15) is 4.79 Å². The van der Waals surface area contributed by atoms with Crippen molar-refractivity contribution in [2.24, 2.45) is 5.41 Å². The highest BCUT2D eigenvalue weighted by Crippen LogP contribution is 2.19. The molecule has 1 aromatic rings. The average molecular weight is 182 g/mol. The maximum atomic E-state index is 11.3. The van der Waals surface area contributed by atoms with Crippen molar-refractivity contribution in [3.8, 4) is 0 Å². The van der Waals surface area contributed by atoms with E-state index < -0.39 is 5.41 Å². The number of carbonyl (C=O) groups excluding carboxylic acids is 1. The Labute approximate surface area is 77.5 Å². The highest BCUT2D eigenvalue weighted by atomic mass is 16.5. The Morgan fingerprint density at radius 3 is 2.77 bits per heavy atom. The van der Waals surface area contributed by atoms with Crippen molar-refractivity contribution in [1.82, 2.24) is 9.55 Å². The minimum absolute atomic E-state index is 0.207. The van der Waals surface area contributed by atoms with Crippen molar-refractivity contribution >= 4 is 5.97 Å². The van der Waals surface area contributed by atoms with Crippen LogP contribution in [0, 0.1) is 5.41 Å². The summed E-state index contributed by atoms with van der Waals surface area (Å²) in [6, 6.07) is 0. The van der Waals surface area contributed by atoms with Gasteiger partial charge in [0.25, 0.3) is 0 Å². The third kappa shape index (κ3) is 2.31. The number of carbonyl (C=O) groups is 1. The number of imidazole rings is 1. The van der Waals surface area contributed by atoms with E-state index >= 15 is 0 Å². The smallest absolute Gasteiger partial charge is 0.313 e. The van der Waals surface area contributed by atoms with E-state index in [4.69, 9.17) is 4.74 Å². The lowest BCUT2D eigenvalue weighted by molar-refractivity contribution is -0.151. The number of hydrogen-bond donors (Lipinski definition) is 0. The van der Waals surface area contributed by atoms with Crippen LogP contribution in [0.25, 0.3) is 0 Å². The summed E-state index contributed by atoms with van der Waals surface area (Å²) in [5, 5.41) is 0. The largest absolute Gasteiger partial charge is 0.469 e. The molecule has 0 amide bonds. The first-order valence-corrected chi connectivity index (χ1v) is 4.10. The first-order valence-electron chi connectivity index (χ1n) is 4.10. The van der Waals surface area contributed by atoms with Gasteiger partial charge in [0.05, 0.1) is 18.9 Å².